The number of benzene rings is 1. The van der Waals surface area contributed by atoms with Crippen molar-refractivity contribution in [1.82, 2.24) is 19.1 Å². The monoisotopic (exact) mass is 392 g/mol. The number of guanidine groups is 1. The third-order valence-electron chi connectivity index (χ3n) is 4.47. The van der Waals surface area contributed by atoms with Crippen LogP contribution >= 0.6 is 11.7 Å². The van der Waals surface area contributed by atoms with Crippen molar-refractivity contribution in [2.45, 2.75) is 26.2 Å². The Kier molecular flexibility index (Phi) is 5.91. The average Bonchev–Trinajstić information content (AvgIpc) is 3.07. The number of hydrogen-bond acceptors (Lipinski definition) is 6. The molecule has 1 saturated heterocycles. The minimum Gasteiger partial charge on any atom is -0.348 e. The van der Waals surface area contributed by atoms with Crippen LogP contribution in [0.25, 0.3) is 0 Å². The zero-order chi connectivity index (χ0) is 19.4. The average molecular weight is 393 g/mol. The fraction of sp³-hybridized carbons (Fsp3) is 0.500. The van der Waals surface area contributed by atoms with Crippen LogP contribution in [-0.4, -0.2) is 52.9 Å². The number of rotatable bonds is 3. The Hall–Kier alpha value is -2.26. The Morgan fingerprint density at radius 1 is 1.15 bits per heavy atom. The van der Waals surface area contributed by atoms with E-state index < -0.39 is 5.95 Å². The van der Waals surface area contributed by atoms with Crippen molar-refractivity contribution < 1.29 is 9.23 Å². The first kappa shape index (κ1) is 19.5. The molecule has 0 bridgehead atoms. The molecule has 0 atom stereocenters. The van der Waals surface area contributed by atoms with Crippen molar-refractivity contribution >= 4 is 29.2 Å². The van der Waals surface area contributed by atoms with E-state index in [0.717, 1.165) is 17.4 Å². The lowest BCUT2D eigenvalue weighted by molar-refractivity contribution is 0.129. The van der Waals surface area contributed by atoms with Gasteiger partial charge in [-0.05, 0) is 23.1 Å². The number of nitrogens with zero attached hydrogens (tertiary/aromatic N) is 5. The number of hydroxylamine groups is 1. The molecule has 1 aromatic carbocycles. The molecule has 146 valence electrons. The van der Waals surface area contributed by atoms with Crippen molar-refractivity contribution in [3.63, 3.8) is 0 Å². The summed E-state index contributed by atoms with van der Waals surface area (Å²) < 4.78 is 21.3. The maximum absolute atomic E-state index is 13.6. The van der Waals surface area contributed by atoms with E-state index in [9.17, 15) is 4.39 Å². The second-order valence-electron chi connectivity index (χ2n) is 7.39. The number of nitrogens with one attached hydrogen (secondary N) is 1. The van der Waals surface area contributed by atoms with Gasteiger partial charge in [-0.3, -0.25) is 4.84 Å². The fourth-order valence-electron chi connectivity index (χ4n) is 2.90. The van der Waals surface area contributed by atoms with Crippen LogP contribution in [-0.2, 0) is 10.3 Å². The number of hydrogen-bond donors (Lipinski definition) is 1. The van der Waals surface area contributed by atoms with Crippen LogP contribution in [0.1, 0.15) is 26.3 Å². The van der Waals surface area contributed by atoms with Gasteiger partial charge in [-0.1, -0.05) is 32.9 Å². The van der Waals surface area contributed by atoms with Crippen molar-refractivity contribution in [3.8, 4) is 0 Å². The van der Waals surface area contributed by atoms with E-state index in [1.807, 2.05) is 17.0 Å². The first-order valence-corrected chi connectivity index (χ1v) is 9.57. The second kappa shape index (κ2) is 8.18. The zero-order valence-electron chi connectivity index (χ0n) is 16.1. The first-order valence-electron chi connectivity index (χ1n) is 8.84. The number of aromatic nitrogens is 2. The topological polar surface area (TPSA) is 65.9 Å². The molecule has 1 aromatic heterocycles. The summed E-state index contributed by atoms with van der Waals surface area (Å²) in [4.78, 5) is 13.8. The van der Waals surface area contributed by atoms with E-state index >= 15 is 0 Å². The highest BCUT2D eigenvalue weighted by molar-refractivity contribution is 6.99. The molecule has 9 heteroatoms. The highest BCUT2D eigenvalue weighted by atomic mass is 32.1. The Balaban J connectivity index is 1.70. The molecule has 0 amide bonds. The SMILES string of the molecule is CONC(=Nc1ccc(C(C)(C)C)cc1)N1CCN(c2nsnc2F)CC1. The third kappa shape index (κ3) is 4.72. The van der Waals surface area contributed by atoms with Crippen molar-refractivity contribution in [3.05, 3.63) is 35.8 Å². The minimum absolute atomic E-state index is 0.103. The molecular weight excluding hydrogens is 367 g/mol. The van der Waals surface area contributed by atoms with E-state index in [4.69, 9.17) is 4.84 Å². The maximum Gasteiger partial charge on any atom is 0.268 e. The van der Waals surface area contributed by atoms with Gasteiger partial charge in [-0.2, -0.15) is 8.76 Å². The molecule has 2 heterocycles. The Labute approximate surface area is 163 Å². The first-order chi connectivity index (χ1) is 12.9. The largest absolute Gasteiger partial charge is 0.348 e. The minimum atomic E-state index is -0.503. The molecule has 1 N–H and O–H groups in total. The summed E-state index contributed by atoms with van der Waals surface area (Å²) in [7, 11) is 1.56. The van der Waals surface area contributed by atoms with Crippen LogP contribution in [0.4, 0.5) is 15.9 Å². The van der Waals surface area contributed by atoms with E-state index in [0.29, 0.717) is 38.0 Å². The van der Waals surface area contributed by atoms with Crippen molar-refractivity contribution in [1.29, 1.82) is 0 Å². The number of halogens is 1. The molecule has 0 aliphatic carbocycles. The van der Waals surface area contributed by atoms with Gasteiger partial charge in [-0.15, -0.1) is 4.37 Å². The maximum atomic E-state index is 13.6. The fourth-order valence-corrected chi connectivity index (χ4v) is 3.36. The quantitative estimate of drug-likeness (QED) is 0.492. The normalized spacial score (nSPS) is 16.0. The molecular formula is C18H25FN6OS. The standard InChI is InChI=1S/C18H25FN6OS/c1-18(2,3)13-5-7-14(8-6-13)20-17(21-26-4)25-11-9-24(10-12-25)16-15(19)22-27-23-16/h5-8H,9-12H2,1-4H3,(H,20,21). The summed E-state index contributed by atoms with van der Waals surface area (Å²) in [5, 5.41) is 0. The molecule has 2 aromatic rings. The van der Waals surface area contributed by atoms with Gasteiger partial charge in [0.1, 0.15) is 0 Å². The highest BCUT2D eigenvalue weighted by Crippen LogP contribution is 2.25. The highest BCUT2D eigenvalue weighted by Gasteiger charge is 2.24. The second-order valence-corrected chi connectivity index (χ2v) is 7.92. The summed E-state index contributed by atoms with van der Waals surface area (Å²) >= 11 is 0.893. The van der Waals surface area contributed by atoms with Crippen LogP contribution in [0.15, 0.2) is 29.3 Å². The number of piperazine rings is 1. The van der Waals surface area contributed by atoms with Crippen LogP contribution in [0, 0.1) is 5.95 Å². The van der Waals surface area contributed by atoms with E-state index in [2.05, 4.69) is 57.0 Å². The summed E-state index contributed by atoms with van der Waals surface area (Å²) in [5.41, 5.74) is 5.07. The van der Waals surface area contributed by atoms with Gasteiger partial charge in [-0.25, -0.2) is 10.5 Å². The smallest absolute Gasteiger partial charge is 0.268 e. The van der Waals surface area contributed by atoms with Gasteiger partial charge < -0.3 is 9.80 Å². The molecule has 3 rings (SSSR count). The Morgan fingerprint density at radius 3 is 2.33 bits per heavy atom. The molecule has 0 spiro atoms. The Morgan fingerprint density at radius 2 is 1.81 bits per heavy atom. The predicted octanol–water partition coefficient (Wildman–Crippen LogP) is 2.94. The molecule has 0 saturated carbocycles. The van der Waals surface area contributed by atoms with Crippen molar-refractivity contribution in [2.75, 3.05) is 38.2 Å². The van der Waals surface area contributed by atoms with Crippen LogP contribution < -0.4 is 10.4 Å². The lowest BCUT2D eigenvalue weighted by Gasteiger charge is -2.36. The summed E-state index contributed by atoms with van der Waals surface area (Å²) in [5.74, 6) is 0.462. The van der Waals surface area contributed by atoms with Gasteiger partial charge in [0.15, 0.2) is 5.82 Å². The van der Waals surface area contributed by atoms with E-state index in [1.54, 1.807) is 7.11 Å². The third-order valence-corrected chi connectivity index (χ3v) is 4.97. The van der Waals surface area contributed by atoms with Crippen LogP contribution in [0.2, 0.25) is 0 Å². The molecule has 1 fully saturated rings. The van der Waals surface area contributed by atoms with Gasteiger partial charge >= 0.3 is 0 Å². The van der Waals surface area contributed by atoms with Crippen LogP contribution in [0.3, 0.4) is 0 Å². The zero-order valence-corrected chi connectivity index (χ0v) is 16.9. The van der Waals surface area contributed by atoms with Gasteiger partial charge in [0.25, 0.3) is 5.95 Å². The summed E-state index contributed by atoms with van der Waals surface area (Å²) in [6.07, 6.45) is 0. The molecule has 1 aliphatic heterocycles. The lowest BCUT2D eigenvalue weighted by Crippen LogP contribution is -2.52. The van der Waals surface area contributed by atoms with Gasteiger partial charge in [0, 0.05) is 26.2 Å². The molecule has 27 heavy (non-hydrogen) atoms. The molecule has 0 unspecified atom stereocenters. The van der Waals surface area contributed by atoms with Crippen molar-refractivity contribution in [2.24, 2.45) is 4.99 Å². The predicted molar refractivity (Wildman–Crippen MR) is 106 cm³/mol. The molecule has 7 nitrogen and oxygen atoms in total. The van der Waals surface area contributed by atoms with E-state index in [1.165, 1.54) is 5.56 Å². The van der Waals surface area contributed by atoms with E-state index in [-0.39, 0.29) is 5.41 Å². The number of aliphatic imine (C=N–C) groups is 1. The van der Waals surface area contributed by atoms with Crippen LogP contribution in [0.5, 0.6) is 0 Å². The summed E-state index contributed by atoms with van der Waals surface area (Å²) in [6, 6.07) is 8.20. The lowest BCUT2D eigenvalue weighted by atomic mass is 9.87. The molecule has 1 aliphatic rings. The number of anilines is 1. The summed E-state index contributed by atoms with van der Waals surface area (Å²) in [6.45, 7) is 9.17. The van der Waals surface area contributed by atoms with Gasteiger partial charge in [0.2, 0.25) is 5.96 Å². The molecule has 0 radical (unpaired) electrons. The Bertz CT molecular complexity index is 778. The van der Waals surface area contributed by atoms with Gasteiger partial charge in [0.05, 0.1) is 24.5 Å².